The van der Waals surface area contributed by atoms with E-state index in [2.05, 4.69) is 4.99 Å². The first-order chi connectivity index (χ1) is 14.1. The molecule has 0 N–H and O–H groups in total. The number of carbonyl (C=O) groups excluding carboxylic acids is 2. The Hall–Kier alpha value is -3.02. The Labute approximate surface area is 174 Å². The number of hydrogen-bond donors (Lipinski definition) is 0. The Bertz CT molecular complexity index is 1200. The molecule has 2 aliphatic rings. The summed E-state index contributed by atoms with van der Waals surface area (Å²) >= 11 is 0. The number of benzene rings is 1. The largest absolute Gasteiger partial charge is 0.466 e. The lowest BCUT2D eigenvalue weighted by atomic mass is 9.63. The molecule has 1 saturated carbocycles. The van der Waals surface area contributed by atoms with E-state index in [0.717, 1.165) is 11.3 Å². The van der Waals surface area contributed by atoms with E-state index in [1.165, 1.54) is 13.4 Å². The van der Waals surface area contributed by atoms with Gasteiger partial charge in [-0.15, -0.1) is 0 Å². The highest BCUT2D eigenvalue weighted by atomic mass is 16.5. The summed E-state index contributed by atoms with van der Waals surface area (Å²) in [5.41, 5.74) is 2.67. The molecule has 0 radical (unpaired) electrons. The number of methoxy groups -OCH3 is 1. The number of allylic oxidation sites excluding steroid dienone is 1. The molecule has 1 fully saturated rings. The number of aryl methyl sites for hydroxylation is 1. The SMILES string of the molecule is COC(=O)C1=C(C)N=C2CC(C)(C)CC(=O)C2[C@H]1c1coc2ccc(C)cc2c1=O. The van der Waals surface area contributed by atoms with Crippen LogP contribution in [0.2, 0.25) is 0 Å². The van der Waals surface area contributed by atoms with Crippen molar-refractivity contribution >= 4 is 28.4 Å². The number of rotatable bonds is 2. The normalized spacial score (nSPS) is 23.2. The minimum Gasteiger partial charge on any atom is -0.466 e. The van der Waals surface area contributed by atoms with Crippen LogP contribution in [0.1, 0.15) is 50.7 Å². The number of nitrogens with zero attached hydrogens (tertiary/aromatic N) is 1. The maximum absolute atomic E-state index is 13.5. The van der Waals surface area contributed by atoms with Gasteiger partial charge in [-0.05, 0) is 37.8 Å². The van der Waals surface area contributed by atoms with Gasteiger partial charge in [-0.1, -0.05) is 25.5 Å². The summed E-state index contributed by atoms with van der Waals surface area (Å²) in [6.45, 7) is 7.68. The fourth-order valence-electron chi connectivity index (χ4n) is 4.78. The van der Waals surface area contributed by atoms with Crippen molar-refractivity contribution in [3.05, 3.63) is 57.1 Å². The Balaban J connectivity index is 1.98. The van der Waals surface area contributed by atoms with Crippen LogP contribution in [-0.4, -0.2) is 24.6 Å². The van der Waals surface area contributed by atoms with Gasteiger partial charge in [0.25, 0.3) is 0 Å². The number of fused-ring (bicyclic) bond motifs is 2. The van der Waals surface area contributed by atoms with Crippen molar-refractivity contribution in [2.45, 2.75) is 46.5 Å². The number of carbonyl (C=O) groups is 2. The van der Waals surface area contributed by atoms with Crippen molar-refractivity contribution in [1.29, 1.82) is 0 Å². The fourth-order valence-corrected chi connectivity index (χ4v) is 4.78. The second-order valence-electron chi connectivity index (χ2n) is 9.05. The van der Waals surface area contributed by atoms with E-state index in [0.29, 0.717) is 35.1 Å². The molecule has 0 bridgehead atoms. The predicted octanol–water partition coefficient (Wildman–Crippen LogP) is 4.09. The standard InChI is InChI=1S/C24H25NO5/c1-12-6-7-18-14(8-12)22(27)15(11-30-18)20-19(23(28)29-5)13(2)25-16-9-24(3,4)10-17(26)21(16)20/h6-8,11,20-21H,9-10H2,1-5H3/t20-,21?/m0/s1. The lowest BCUT2D eigenvalue weighted by molar-refractivity contribution is -0.136. The number of esters is 1. The highest BCUT2D eigenvalue weighted by Crippen LogP contribution is 2.46. The fraction of sp³-hybridized carbons (Fsp3) is 0.417. The van der Waals surface area contributed by atoms with Gasteiger partial charge in [0.1, 0.15) is 11.4 Å². The monoisotopic (exact) mass is 407 g/mol. The van der Waals surface area contributed by atoms with Gasteiger partial charge in [-0.25, -0.2) is 4.79 Å². The average Bonchev–Trinajstić information content (AvgIpc) is 2.66. The molecule has 1 aromatic heterocycles. The molecule has 6 nitrogen and oxygen atoms in total. The zero-order valence-corrected chi connectivity index (χ0v) is 17.9. The van der Waals surface area contributed by atoms with Crippen LogP contribution in [0.15, 0.2) is 49.9 Å². The third-order valence-corrected chi connectivity index (χ3v) is 6.06. The molecule has 1 aromatic carbocycles. The van der Waals surface area contributed by atoms with E-state index in [9.17, 15) is 14.4 Å². The van der Waals surface area contributed by atoms with Gasteiger partial charge in [0.05, 0.1) is 30.3 Å². The lowest BCUT2D eigenvalue weighted by Gasteiger charge is -2.40. The van der Waals surface area contributed by atoms with Crippen molar-refractivity contribution in [3.8, 4) is 0 Å². The van der Waals surface area contributed by atoms with Gasteiger partial charge in [0.2, 0.25) is 0 Å². The zero-order chi connectivity index (χ0) is 21.8. The predicted molar refractivity (Wildman–Crippen MR) is 114 cm³/mol. The van der Waals surface area contributed by atoms with Crippen LogP contribution in [-0.2, 0) is 14.3 Å². The number of hydrogen-bond acceptors (Lipinski definition) is 6. The molecular weight excluding hydrogens is 382 g/mol. The second kappa shape index (κ2) is 7.04. The minimum atomic E-state index is -0.769. The summed E-state index contributed by atoms with van der Waals surface area (Å²) in [5, 5.41) is 0.432. The van der Waals surface area contributed by atoms with Gasteiger partial charge in [0.15, 0.2) is 5.43 Å². The van der Waals surface area contributed by atoms with Crippen LogP contribution in [0, 0.1) is 18.3 Å². The van der Waals surface area contributed by atoms with E-state index in [1.807, 2.05) is 26.8 Å². The maximum Gasteiger partial charge on any atom is 0.336 e. The van der Waals surface area contributed by atoms with Crippen LogP contribution in [0.4, 0.5) is 0 Å². The highest BCUT2D eigenvalue weighted by molar-refractivity contribution is 6.12. The summed E-state index contributed by atoms with van der Waals surface area (Å²) in [6.07, 6.45) is 2.37. The Morgan fingerprint density at radius 1 is 1.17 bits per heavy atom. The molecule has 4 rings (SSSR count). The molecule has 6 heteroatoms. The molecule has 1 aliphatic heterocycles. The number of ether oxygens (including phenoxy) is 1. The van der Waals surface area contributed by atoms with Crippen molar-refractivity contribution < 1.29 is 18.7 Å². The van der Waals surface area contributed by atoms with Crippen molar-refractivity contribution in [2.75, 3.05) is 7.11 Å². The third kappa shape index (κ3) is 3.20. The summed E-state index contributed by atoms with van der Waals surface area (Å²) < 4.78 is 10.8. The quantitative estimate of drug-likeness (QED) is 0.700. The zero-order valence-electron chi connectivity index (χ0n) is 17.9. The first-order valence-corrected chi connectivity index (χ1v) is 10.0. The number of ketones is 1. The van der Waals surface area contributed by atoms with E-state index >= 15 is 0 Å². The molecule has 2 aromatic rings. The molecule has 156 valence electrons. The van der Waals surface area contributed by atoms with Gasteiger partial charge in [-0.3, -0.25) is 14.6 Å². The molecule has 2 atom stereocenters. The van der Waals surface area contributed by atoms with Crippen LogP contribution in [0.25, 0.3) is 11.0 Å². The van der Waals surface area contributed by atoms with Gasteiger partial charge in [-0.2, -0.15) is 0 Å². The Kier molecular flexibility index (Phi) is 4.76. The molecular formula is C24H25NO5. The summed E-state index contributed by atoms with van der Waals surface area (Å²) in [4.78, 5) is 44.0. The molecule has 0 amide bonds. The molecule has 1 unspecified atom stereocenters. The first-order valence-electron chi connectivity index (χ1n) is 10.0. The molecule has 30 heavy (non-hydrogen) atoms. The summed E-state index contributed by atoms with van der Waals surface area (Å²) in [6, 6.07) is 5.38. The smallest absolute Gasteiger partial charge is 0.336 e. The summed E-state index contributed by atoms with van der Waals surface area (Å²) in [7, 11) is 1.29. The Morgan fingerprint density at radius 2 is 1.90 bits per heavy atom. The first kappa shape index (κ1) is 20.3. The van der Waals surface area contributed by atoms with E-state index in [4.69, 9.17) is 9.15 Å². The highest BCUT2D eigenvalue weighted by Gasteiger charge is 2.48. The van der Waals surface area contributed by atoms with Gasteiger partial charge < -0.3 is 9.15 Å². The van der Waals surface area contributed by atoms with Gasteiger partial charge in [0, 0.05) is 29.3 Å². The van der Waals surface area contributed by atoms with E-state index < -0.39 is 17.8 Å². The third-order valence-electron chi connectivity index (χ3n) is 6.06. The van der Waals surface area contributed by atoms with E-state index in [1.54, 1.807) is 19.1 Å². The van der Waals surface area contributed by atoms with Crippen molar-refractivity contribution in [1.82, 2.24) is 0 Å². The molecule has 2 heterocycles. The molecule has 0 saturated heterocycles. The second-order valence-corrected chi connectivity index (χ2v) is 9.05. The van der Waals surface area contributed by atoms with Gasteiger partial charge >= 0.3 is 5.97 Å². The number of Topliss-reactive ketones (excluding diaryl/α,β-unsaturated/α-hetero) is 1. The van der Waals surface area contributed by atoms with Crippen LogP contribution >= 0.6 is 0 Å². The van der Waals surface area contributed by atoms with Crippen molar-refractivity contribution in [2.24, 2.45) is 16.3 Å². The lowest BCUT2D eigenvalue weighted by Crippen LogP contribution is -2.45. The maximum atomic E-state index is 13.5. The van der Waals surface area contributed by atoms with Crippen LogP contribution in [0.5, 0.6) is 0 Å². The van der Waals surface area contributed by atoms with Crippen LogP contribution < -0.4 is 5.43 Å². The van der Waals surface area contributed by atoms with E-state index in [-0.39, 0.29) is 22.2 Å². The average molecular weight is 407 g/mol. The molecule has 1 aliphatic carbocycles. The molecule has 0 spiro atoms. The topological polar surface area (TPSA) is 85.9 Å². The van der Waals surface area contributed by atoms with Crippen molar-refractivity contribution in [3.63, 3.8) is 0 Å². The summed E-state index contributed by atoms with van der Waals surface area (Å²) in [5.74, 6) is -2.04. The minimum absolute atomic E-state index is 0.0207. The van der Waals surface area contributed by atoms with Crippen LogP contribution in [0.3, 0.4) is 0 Å². The number of aliphatic imine (C=N–C) groups is 1. The Morgan fingerprint density at radius 3 is 2.60 bits per heavy atom.